The fraction of sp³-hybridized carbons (Fsp3) is 0.375. The van der Waals surface area contributed by atoms with Gasteiger partial charge in [0.15, 0.2) is 0 Å². The van der Waals surface area contributed by atoms with Crippen LogP contribution in [0.4, 0.5) is 11.5 Å². The van der Waals surface area contributed by atoms with Crippen LogP contribution in [0.25, 0.3) is 0 Å². The summed E-state index contributed by atoms with van der Waals surface area (Å²) in [5.41, 5.74) is 2.38. The molecule has 0 saturated carbocycles. The smallest absolute Gasteiger partial charge is 0.135 e. The minimum absolute atomic E-state index is 0.518. The van der Waals surface area contributed by atoms with E-state index in [9.17, 15) is 0 Å². The number of anilines is 2. The maximum absolute atomic E-state index is 4.54. The second kappa shape index (κ2) is 6.84. The van der Waals surface area contributed by atoms with Crippen molar-refractivity contribution in [2.45, 2.75) is 39.5 Å². The predicted molar refractivity (Wildman–Crippen MR) is 87.5 cm³/mol. The maximum Gasteiger partial charge on any atom is 0.135 e. The molecular weight excluding hydrogens is 314 g/mol. The van der Waals surface area contributed by atoms with E-state index >= 15 is 0 Å². The van der Waals surface area contributed by atoms with Gasteiger partial charge in [0.05, 0.1) is 0 Å². The van der Waals surface area contributed by atoms with Crippen molar-refractivity contribution < 1.29 is 0 Å². The van der Waals surface area contributed by atoms with Crippen LogP contribution in [0, 0.1) is 0 Å². The molecule has 1 aromatic heterocycles. The molecule has 0 fully saturated rings. The van der Waals surface area contributed by atoms with Crippen LogP contribution in [0.15, 0.2) is 34.9 Å². The lowest BCUT2D eigenvalue weighted by molar-refractivity contribution is 0.831. The largest absolute Gasteiger partial charge is 0.340 e. The van der Waals surface area contributed by atoms with E-state index < -0.39 is 0 Å². The van der Waals surface area contributed by atoms with Crippen LogP contribution < -0.4 is 5.32 Å². The van der Waals surface area contributed by atoms with Crippen molar-refractivity contribution in [2.24, 2.45) is 0 Å². The molecule has 1 heterocycles. The highest BCUT2D eigenvalue weighted by molar-refractivity contribution is 9.10. The highest BCUT2D eigenvalue weighted by Gasteiger charge is 2.04. The minimum atomic E-state index is 0.518. The summed E-state index contributed by atoms with van der Waals surface area (Å²) < 4.78 is 0.818. The van der Waals surface area contributed by atoms with Gasteiger partial charge in [-0.05, 0) is 46.0 Å². The Kier molecular flexibility index (Phi) is 5.12. The van der Waals surface area contributed by atoms with E-state index in [0.717, 1.165) is 34.8 Å². The molecule has 0 radical (unpaired) electrons. The number of nitrogens with zero attached hydrogens (tertiary/aromatic N) is 2. The summed E-state index contributed by atoms with van der Waals surface area (Å²) in [6.45, 7) is 6.52. The van der Waals surface area contributed by atoms with Crippen LogP contribution in [-0.2, 0) is 6.42 Å². The standard InChI is InChI=1S/C16H20BrN3/c1-4-6-15-19-14(17)10-16(20-15)18-13-8-5-7-12(9-13)11(2)3/h5,7-11H,4,6H2,1-3H3,(H,18,19,20). The van der Waals surface area contributed by atoms with E-state index in [-0.39, 0.29) is 0 Å². The number of hydrogen-bond acceptors (Lipinski definition) is 3. The molecule has 0 unspecified atom stereocenters. The van der Waals surface area contributed by atoms with Gasteiger partial charge in [0, 0.05) is 18.2 Å². The summed E-state index contributed by atoms with van der Waals surface area (Å²) in [4.78, 5) is 8.92. The average molecular weight is 334 g/mol. The van der Waals surface area contributed by atoms with Gasteiger partial charge in [-0.25, -0.2) is 9.97 Å². The van der Waals surface area contributed by atoms with Crippen molar-refractivity contribution in [1.82, 2.24) is 9.97 Å². The first-order valence-corrected chi connectivity index (χ1v) is 7.78. The average Bonchev–Trinajstić information content (AvgIpc) is 2.38. The van der Waals surface area contributed by atoms with Gasteiger partial charge in [-0.2, -0.15) is 0 Å². The van der Waals surface area contributed by atoms with Crippen molar-refractivity contribution in [3.05, 3.63) is 46.3 Å². The van der Waals surface area contributed by atoms with Gasteiger partial charge < -0.3 is 5.32 Å². The Hall–Kier alpha value is -1.42. The molecule has 0 aliphatic heterocycles. The van der Waals surface area contributed by atoms with Crippen LogP contribution in [0.5, 0.6) is 0 Å². The highest BCUT2D eigenvalue weighted by Crippen LogP contribution is 2.22. The molecule has 0 spiro atoms. The molecule has 0 amide bonds. The van der Waals surface area contributed by atoms with Gasteiger partial charge >= 0.3 is 0 Å². The molecule has 2 rings (SSSR count). The number of hydrogen-bond donors (Lipinski definition) is 1. The zero-order valence-electron chi connectivity index (χ0n) is 12.2. The van der Waals surface area contributed by atoms with Crippen LogP contribution >= 0.6 is 15.9 Å². The Morgan fingerprint density at radius 2 is 2.00 bits per heavy atom. The van der Waals surface area contributed by atoms with E-state index in [1.807, 2.05) is 6.07 Å². The van der Waals surface area contributed by atoms with Gasteiger partial charge in [-0.15, -0.1) is 0 Å². The molecule has 0 bridgehead atoms. The third kappa shape index (κ3) is 4.04. The minimum Gasteiger partial charge on any atom is -0.340 e. The number of aryl methyl sites for hydroxylation is 1. The molecule has 4 heteroatoms. The predicted octanol–water partition coefficient (Wildman–Crippen LogP) is 5.06. The molecule has 0 saturated heterocycles. The molecular formula is C16H20BrN3. The zero-order valence-corrected chi connectivity index (χ0v) is 13.7. The fourth-order valence-corrected chi connectivity index (χ4v) is 2.41. The summed E-state index contributed by atoms with van der Waals surface area (Å²) >= 11 is 3.44. The SMILES string of the molecule is CCCc1nc(Br)cc(Nc2cccc(C(C)C)c2)n1. The third-order valence-electron chi connectivity index (χ3n) is 3.04. The molecule has 0 aliphatic carbocycles. The molecule has 3 nitrogen and oxygen atoms in total. The van der Waals surface area contributed by atoms with E-state index in [2.05, 4.69) is 76.3 Å². The molecule has 20 heavy (non-hydrogen) atoms. The van der Waals surface area contributed by atoms with Gasteiger partial charge in [0.25, 0.3) is 0 Å². The van der Waals surface area contributed by atoms with Crippen molar-refractivity contribution in [1.29, 1.82) is 0 Å². The molecule has 1 aromatic carbocycles. The summed E-state index contributed by atoms with van der Waals surface area (Å²) in [6, 6.07) is 10.3. The number of benzene rings is 1. The Bertz CT molecular complexity index is 582. The highest BCUT2D eigenvalue weighted by atomic mass is 79.9. The molecule has 0 aliphatic rings. The van der Waals surface area contributed by atoms with E-state index in [1.165, 1.54) is 5.56 Å². The van der Waals surface area contributed by atoms with Gasteiger partial charge in [0.2, 0.25) is 0 Å². The summed E-state index contributed by atoms with van der Waals surface area (Å²) in [6.07, 6.45) is 1.93. The molecule has 0 atom stereocenters. The molecule has 1 N–H and O–H groups in total. The monoisotopic (exact) mass is 333 g/mol. The first kappa shape index (κ1) is 15.0. The van der Waals surface area contributed by atoms with Crippen LogP contribution in [0.2, 0.25) is 0 Å². The maximum atomic E-state index is 4.54. The normalized spacial score (nSPS) is 10.8. The summed E-state index contributed by atoms with van der Waals surface area (Å²) in [5.74, 6) is 2.21. The second-order valence-electron chi connectivity index (χ2n) is 5.15. The van der Waals surface area contributed by atoms with E-state index in [1.54, 1.807) is 0 Å². The van der Waals surface area contributed by atoms with Crippen molar-refractivity contribution >= 4 is 27.4 Å². The van der Waals surface area contributed by atoms with Crippen LogP contribution in [-0.4, -0.2) is 9.97 Å². The number of aromatic nitrogens is 2. The lowest BCUT2D eigenvalue weighted by atomic mass is 10.0. The zero-order chi connectivity index (χ0) is 14.5. The van der Waals surface area contributed by atoms with Crippen molar-refractivity contribution in [3.8, 4) is 0 Å². The second-order valence-corrected chi connectivity index (χ2v) is 5.96. The van der Waals surface area contributed by atoms with Crippen LogP contribution in [0.1, 0.15) is 44.5 Å². The lowest BCUT2D eigenvalue weighted by Crippen LogP contribution is -2.01. The number of nitrogens with one attached hydrogen (secondary N) is 1. The van der Waals surface area contributed by atoms with Gasteiger partial charge in [0.1, 0.15) is 16.2 Å². The molecule has 106 valence electrons. The van der Waals surface area contributed by atoms with Gasteiger partial charge in [-0.1, -0.05) is 32.9 Å². The van der Waals surface area contributed by atoms with Crippen molar-refractivity contribution in [2.75, 3.05) is 5.32 Å². The van der Waals surface area contributed by atoms with Gasteiger partial charge in [-0.3, -0.25) is 0 Å². The summed E-state index contributed by atoms with van der Waals surface area (Å²) in [5, 5.41) is 3.36. The third-order valence-corrected chi connectivity index (χ3v) is 3.45. The topological polar surface area (TPSA) is 37.8 Å². The first-order valence-electron chi connectivity index (χ1n) is 6.99. The van der Waals surface area contributed by atoms with Crippen LogP contribution in [0.3, 0.4) is 0 Å². The number of rotatable bonds is 5. The Morgan fingerprint density at radius 3 is 2.70 bits per heavy atom. The first-order chi connectivity index (χ1) is 9.58. The Balaban J connectivity index is 2.23. The Morgan fingerprint density at radius 1 is 1.20 bits per heavy atom. The lowest BCUT2D eigenvalue weighted by Gasteiger charge is -2.11. The van der Waals surface area contributed by atoms with Crippen molar-refractivity contribution in [3.63, 3.8) is 0 Å². The Labute approximate surface area is 129 Å². The quantitative estimate of drug-likeness (QED) is 0.777. The van der Waals surface area contributed by atoms with E-state index in [0.29, 0.717) is 5.92 Å². The van der Waals surface area contributed by atoms with E-state index in [4.69, 9.17) is 0 Å². The number of halogens is 1. The molecule has 2 aromatic rings. The fourth-order valence-electron chi connectivity index (χ4n) is 1.99. The summed E-state index contributed by atoms with van der Waals surface area (Å²) in [7, 11) is 0.